The highest BCUT2D eigenvalue weighted by molar-refractivity contribution is 5.94. The smallest absolute Gasteiger partial charge is 0.269 e. The summed E-state index contributed by atoms with van der Waals surface area (Å²) in [7, 11) is 1.72. The fourth-order valence-corrected chi connectivity index (χ4v) is 2.26. The Labute approximate surface area is 145 Å². The normalized spacial score (nSPS) is 10.1. The monoisotopic (exact) mass is 341 g/mol. The molecule has 0 unspecified atom stereocenters. The van der Waals surface area contributed by atoms with Crippen molar-refractivity contribution in [1.82, 2.24) is 10.2 Å². The quantitative estimate of drug-likeness (QED) is 0.618. The molecule has 0 aliphatic heterocycles. The Morgan fingerprint density at radius 2 is 1.72 bits per heavy atom. The number of amides is 2. The number of benzene rings is 2. The second kappa shape index (κ2) is 8.58. The van der Waals surface area contributed by atoms with Crippen LogP contribution in [0, 0.1) is 10.1 Å². The molecular formula is C18H19N3O4. The molecule has 7 nitrogen and oxygen atoms in total. The van der Waals surface area contributed by atoms with Gasteiger partial charge < -0.3 is 10.2 Å². The van der Waals surface area contributed by atoms with E-state index < -0.39 is 4.92 Å². The maximum atomic E-state index is 12.1. The molecular weight excluding hydrogens is 322 g/mol. The first-order chi connectivity index (χ1) is 12.0. The van der Waals surface area contributed by atoms with Gasteiger partial charge in [0.25, 0.3) is 11.6 Å². The summed E-state index contributed by atoms with van der Waals surface area (Å²) < 4.78 is 0. The van der Waals surface area contributed by atoms with Crippen LogP contribution in [0.3, 0.4) is 0 Å². The largest absolute Gasteiger partial charge is 0.352 e. The van der Waals surface area contributed by atoms with E-state index in [-0.39, 0.29) is 30.5 Å². The third kappa shape index (κ3) is 5.42. The van der Waals surface area contributed by atoms with E-state index in [1.807, 2.05) is 30.3 Å². The van der Waals surface area contributed by atoms with Gasteiger partial charge in [0.1, 0.15) is 0 Å². The molecule has 0 aromatic heterocycles. The number of nitro groups is 1. The lowest BCUT2D eigenvalue weighted by Gasteiger charge is -2.17. The number of hydrogen-bond donors (Lipinski definition) is 1. The van der Waals surface area contributed by atoms with Crippen molar-refractivity contribution in [3.8, 4) is 0 Å². The standard InChI is InChI=1S/C18H19N3O4/c1-20(13-14-5-3-2-4-6-14)17(22)11-12-19-18(23)15-7-9-16(10-8-15)21(24)25/h2-10H,11-13H2,1H3,(H,19,23). The number of non-ortho nitro benzene ring substituents is 1. The van der Waals surface area contributed by atoms with Crippen molar-refractivity contribution in [3.05, 3.63) is 75.8 Å². The number of rotatable bonds is 7. The van der Waals surface area contributed by atoms with Crippen LogP contribution in [0.25, 0.3) is 0 Å². The second-order valence-corrected chi connectivity index (χ2v) is 5.55. The average Bonchev–Trinajstić information content (AvgIpc) is 2.62. The minimum atomic E-state index is -0.525. The molecule has 25 heavy (non-hydrogen) atoms. The average molecular weight is 341 g/mol. The Morgan fingerprint density at radius 1 is 1.08 bits per heavy atom. The number of nitrogens with zero attached hydrogens (tertiary/aromatic N) is 2. The van der Waals surface area contributed by atoms with Crippen LogP contribution >= 0.6 is 0 Å². The molecule has 130 valence electrons. The summed E-state index contributed by atoms with van der Waals surface area (Å²) in [5.74, 6) is -0.443. The Bertz CT molecular complexity index is 745. The van der Waals surface area contributed by atoms with Crippen molar-refractivity contribution >= 4 is 17.5 Å². The van der Waals surface area contributed by atoms with Crippen molar-refractivity contribution in [2.24, 2.45) is 0 Å². The Kier molecular flexibility index (Phi) is 6.22. The number of nitrogens with one attached hydrogen (secondary N) is 1. The molecule has 0 heterocycles. The number of carbonyl (C=O) groups is 2. The van der Waals surface area contributed by atoms with Gasteiger partial charge in [-0.15, -0.1) is 0 Å². The highest BCUT2D eigenvalue weighted by atomic mass is 16.6. The van der Waals surface area contributed by atoms with Crippen LogP contribution in [0.1, 0.15) is 22.3 Å². The minimum Gasteiger partial charge on any atom is -0.352 e. The molecule has 0 aliphatic carbocycles. The molecule has 0 saturated heterocycles. The molecule has 0 bridgehead atoms. The molecule has 7 heteroatoms. The van der Waals surface area contributed by atoms with E-state index in [1.54, 1.807) is 11.9 Å². The first-order valence-corrected chi connectivity index (χ1v) is 7.78. The molecule has 0 aliphatic rings. The van der Waals surface area contributed by atoms with E-state index >= 15 is 0 Å². The fourth-order valence-electron chi connectivity index (χ4n) is 2.26. The molecule has 0 radical (unpaired) electrons. The minimum absolute atomic E-state index is 0.0748. The zero-order chi connectivity index (χ0) is 18.2. The van der Waals surface area contributed by atoms with Crippen molar-refractivity contribution in [3.63, 3.8) is 0 Å². The van der Waals surface area contributed by atoms with Crippen LogP contribution in [0.4, 0.5) is 5.69 Å². The van der Waals surface area contributed by atoms with Crippen LogP contribution in [0.2, 0.25) is 0 Å². The highest BCUT2D eigenvalue weighted by Gasteiger charge is 2.12. The lowest BCUT2D eigenvalue weighted by atomic mass is 10.2. The van der Waals surface area contributed by atoms with Gasteiger partial charge in [0.2, 0.25) is 5.91 Å². The zero-order valence-corrected chi connectivity index (χ0v) is 13.8. The summed E-state index contributed by atoms with van der Waals surface area (Å²) >= 11 is 0. The van der Waals surface area contributed by atoms with Crippen LogP contribution < -0.4 is 5.32 Å². The summed E-state index contributed by atoms with van der Waals surface area (Å²) in [5, 5.41) is 13.2. The Morgan fingerprint density at radius 3 is 2.32 bits per heavy atom. The topological polar surface area (TPSA) is 92.6 Å². The van der Waals surface area contributed by atoms with E-state index in [0.717, 1.165) is 5.56 Å². The fraction of sp³-hybridized carbons (Fsp3) is 0.222. The molecule has 2 rings (SSSR count). The first-order valence-electron chi connectivity index (χ1n) is 7.78. The predicted octanol–water partition coefficient (Wildman–Crippen LogP) is 2.37. The first kappa shape index (κ1) is 18.1. The molecule has 0 spiro atoms. The molecule has 0 saturated carbocycles. The second-order valence-electron chi connectivity index (χ2n) is 5.55. The summed E-state index contributed by atoms with van der Waals surface area (Å²) in [5.41, 5.74) is 1.28. The van der Waals surface area contributed by atoms with Crippen molar-refractivity contribution < 1.29 is 14.5 Å². The van der Waals surface area contributed by atoms with Crippen molar-refractivity contribution in [1.29, 1.82) is 0 Å². The van der Waals surface area contributed by atoms with Crippen molar-refractivity contribution in [2.75, 3.05) is 13.6 Å². The molecule has 2 amide bonds. The van der Waals surface area contributed by atoms with E-state index in [1.165, 1.54) is 24.3 Å². The van der Waals surface area contributed by atoms with Gasteiger partial charge in [-0.1, -0.05) is 30.3 Å². The SMILES string of the molecule is CN(Cc1ccccc1)C(=O)CCNC(=O)c1ccc([N+](=O)[O-])cc1. The van der Waals surface area contributed by atoms with Crippen molar-refractivity contribution in [2.45, 2.75) is 13.0 Å². The summed E-state index contributed by atoms with van der Waals surface area (Å²) in [4.78, 5) is 35.7. The molecule has 2 aromatic carbocycles. The number of hydrogen-bond acceptors (Lipinski definition) is 4. The summed E-state index contributed by atoms with van der Waals surface area (Å²) in [6.07, 6.45) is 0.183. The molecule has 0 atom stereocenters. The molecule has 2 aromatic rings. The van der Waals surface area contributed by atoms with Crippen LogP contribution in [-0.4, -0.2) is 35.2 Å². The number of nitro benzene ring substituents is 1. The van der Waals surface area contributed by atoms with Gasteiger partial charge in [-0.25, -0.2) is 0 Å². The zero-order valence-electron chi connectivity index (χ0n) is 13.8. The summed E-state index contributed by atoms with van der Waals surface area (Å²) in [6, 6.07) is 14.9. The number of carbonyl (C=O) groups excluding carboxylic acids is 2. The van der Waals surface area contributed by atoms with Gasteiger partial charge in [0.05, 0.1) is 4.92 Å². The van der Waals surface area contributed by atoms with Gasteiger partial charge in [0.15, 0.2) is 0 Å². The van der Waals surface area contributed by atoms with Gasteiger partial charge in [-0.3, -0.25) is 19.7 Å². The maximum absolute atomic E-state index is 12.1. The maximum Gasteiger partial charge on any atom is 0.269 e. The third-order valence-electron chi connectivity index (χ3n) is 3.65. The lowest BCUT2D eigenvalue weighted by molar-refractivity contribution is -0.384. The van der Waals surface area contributed by atoms with E-state index in [4.69, 9.17) is 0 Å². The van der Waals surface area contributed by atoms with Gasteiger partial charge in [0, 0.05) is 44.3 Å². The van der Waals surface area contributed by atoms with E-state index in [2.05, 4.69) is 5.32 Å². The highest BCUT2D eigenvalue weighted by Crippen LogP contribution is 2.11. The van der Waals surface area contributed by atoms with Crippen LogP contribution in [0.5, 0.6) is 0 Å². The van der Waals surface area contributed by atoms with Gasteiger partial charge >= 0.3 is 0 Å². The lowest BCUT2D eigenvalue weighted by Crippen LogP contribution is -2.31. The molecule has 0 fully saturated rings. The molecule has 1 N–H and O–H groups in total. The van der Waals surface area contributed by atoms with Gasteiger partial charge in [-0.05, 0) is 17.7 Å². The van der Waals surface area contributed by atoms with Gasteiger partial charge in [-0.2, -0.15) is 0 Å². The van der Waals surface area contributed by atoms with E-state index in [0.29, 0.717) is 12.1 Å². The van der Waals surface area contributed by atoms with E-state index in [9.17, 15) is 19.7 Å². The van der Waals surface area contributed by atoms with Crippen LogP contribution in [-0.2, 0) is 11.3 Å². The third-order valence-corrected chi connectivity index (χ3v) is 3.65. The Balaban J connectivity index is 1.78. The summed E-state index contributed by atoms with van der Waals surface area (Å²) in [6.45, 7) is 0.712. The Hall–Kier alpha value is -3.22. The predicted molar refractivity (Wildman–Crippen MR) is 93.0 cm³/mol. The van der Waals surface area contributed by atoms with Crippen LogP contribution in [0.15, 0.2) is 54.6 Å².